The average Bonchev–Trinajstić information content (AvgIpc) is 2.96. The zero-order valence-electron chi connectivity index (χ0n) is 17.3. The Labute approximate surface area is 163 Å². The molecule has 0 saturated carbocycles. The third-order valence-corrected chi connectivity index (χ3v) is 15.7. The van der Waals surface area contributed by atoms with Crippen LogP contribution in [0.25, 0.3) is 0 Å². The number of rotatable bonds is 11. The molecular formula is C19H37FGeO3Zr. The predicted octanol–water partition coefficient (Wildman–Crippen LogP) is 5.83. The van der Waals surface area contributed by atoms with Crippen molar-refractivity contribution in [3.63, 3.8) is 0 Å². The van der Waals surface area contributed by atoms with Crippen LogP contribution in [-0.4, -0.2) is 33.6 Å². The molecule has 1 aliphatic rings. The summed E-state index contributed by atoms with van der Waals surface area (Å²) in [6.07, 6.45) is 4.74. The molecule has 0 spiro atoms. The first-order chi connectivity index (χ1) is 11.5. The summed E-state index contributed by atoms with van der Waals surface area (Å²) in [7, 11) is 0. The van der Waals surface area contributed by atoms with Gasteiger partial charge in [-0.15, -0.1) is 0 Å². The van der Waals surface area contributed by atoms with Gasteiger partial charge in [0.2, 0.25) is 0 Å². The van der Waals surface area contributed by atoms with Crippen molar-refractivity contribution in [3.8, 4) is 0 Å². The van der Waals surface area contributed by atoms with Gasteiger partial charge in [0.15, 0.2) is 0 Å². The Hall–Kier alpha value is 0.716. The molecule has 0 heterocycles. The fourth-order valence-corrected chi connectivity index (χ4v) is 19.0. The number of hydrogen-bond donors (Lipinski definition) is 0. The van der Waals surface area contributed by atoms with Gasteiger partial charge in [-0.05, 0) is 0 Å². The summed E-state index contributed by atoms with van der Waals surface area (Å²) in [6, 6.07) is 0. The van der Waals surface area contributed by atoms with Crippen molar-refractivity contribution >= 4 is 13.7 Å². The first kappa shape index (κ1) is 23.8. The van der Waals surface area contributed by atoms with E-state index >= 15 is 3.50 Å². The van der Waals surface area contributed by atoms with E-state index in [0.717, 1.165) is 14.1 Å². The van der Waals surface area contributed by atoms with Crippen molar-refractivity contribution < 1.29 is 33.5 Å². The molecule has 0 radical (unpaired) electrons. The Balaban J connectivity index is 3.29. The standard InChI is InChI=1S/C7H10FGe.3C4H9O.Zr/c1-9(2,8)7-5-3-4-6-7;3*1-4(2)3-5;/h3,5H,4H2,1-2H3;3*4H,3H2,1-2H3;/q;3*-1;+3. The maximum atomic E-state index is 15.0. The summed E-state index contributed by atoms with van der Waals surface area (Å²) < 4.78 is 36.2. The summed E-state index contributed by atoms with van der Waals surface area (Å²) in [5, 5.41) is 0. The molecule has 3 nitrogen and oxygen atoms in total. The fourth-order valence-electron chi connectivity index (χ4n) is 2.57. The van der Waals surface area contributed by atoms with Gasteiger partial charge >= 0.3 is 164 Å². The normalized spacial score (nSPS) is 16.2. The van der Waals surface area contributed by atoms with Crippen molar-refractivity contribution in [2.45, 2.75) is 59.5 Å². The summed E-state index contributed by atoms with van der Waals surface area (Å²) in [4.78, 5) is 0. The summed E-state index contributed by atoms with van der Waals surface area (Å²) in [5.41, 5.74) is 0. The molecule has 0 aromatic carbocycles. The van der Waals surface area contributed by atoms with E-state index in [2.05, 4.69) is 47.6 Å². The second-order valence-corrected chi connectivity index (χ2v) is 22.3. The number of allylic oxidation sites excluding steroid dienone is 4. The Morgan fingerprint density at radius 1 is 0.920 bits per heavy atom. The second-order valence-electron chi connectivity index (χ2n) is 8.64. The molecule has 25 heavy (non-hydrogen) atoms. The van der Waals surface area contributed by atoms with E-state index < -0.39 is 35.3 Å². The molecule has 146 valence electrons. The minimum atomic E-state index is -4.04. The second kappa shape index (κ2) is 10.3. The Kier molecular flexibility index (Phi) is 9.80. The monoisotopic (exact) mass is 496 g/mol. The van der Waals surface area contributed by atoms with Crippen LogP contribution in [0, 0.1) is 17.8 Å². The van der Waals surface area contributed by atoms with Crippen molar-refractivity contribution in [2.75, 3.05) is 19.8 Å². The molecule has 0 aromatic heterocycles. The van der Waals surface area contributed by atoms with Crippen LogP contribution in [-0.2, 0) is 30.0 Å². The van der Waals surface area contributed by atoms with Crippen LogP contribution in [0.5, 0.6) is 0 Å². The predicted molar refractivity (Wildman–Crippen MR) is 102 cm³/mol. The molecule has 0 saturated heterocycles. The van der Waals surface area contributed by atoms with Crippen LogP contribution in [0.2, 0.25) is 11.5 Å². The topological polar surface area (TPSA) is 27.7 Å². The molecule has 0 aromatic rings. The number of hydrogen-bond acceptors (Lipinski definition) is 3. The van der Waals surface area contributed by atoms with E-state index in [1.807, 2.05) is 6.08 Å². The summed E-state index contributed by atoms with van der Waals surface area (Å²) in [5.74, 6) is 4.74. The van der Waals surface area contributed by atoms with Crippen LogP contribution < -0.4 is 0 Å². The average molecular weight is 496 g/mol. The van der Waals surface area contributed by atoms with Gasteiger partial charge in [-0.1, -0.05) is 0 Å². The molecular weight excluding hydrogens is 459 g/mol. The Morgan fingerprint density at radius 2 is 1.32 bits per heavy atom. The molecule has 0 aliphatic heterocycles. The summed E-state index contributed by atoms with van der Waals surface area (Å²) >= 11 is -7.53. The fraction of sp³-hybridized carbons (Fsp3) is 0.789. The molecule has 0 N–H and O–H groups in total. The van der Waals surface area contributed by atoms with Crippen molar-refractivity contribution in [1.29, 1.82) is 0 Å². The van der Waals surface area contributed by atoms with Gasteiger partial charge in [-0.3, -0.25) is 0 Å². The zero-order valence-corrected chi connectivity index (χ0v) is 21.9. The molecule has 0 atom stereocenters. The van der Waals surface area contributed by atoms with Gasteiger partial charge in [0.05, 0.1) is 0 Å². The van der Waals surface area contributed by atoms with Gasteiger partial charge in [0, 0.05) is 0 Å². The van der Waals surface area contributed by atoms with Crippen molar-refractivity contribution in [1.82, 2.24) is 0 Å². The van der Waals surface area contributed by atoms with Crippen molar-refractivity contribution in [3.05, 3.63) is 19.8 Å². The third kappa shape index (κ3) is 7.69. The minimum absolute atomic E-state index is 0.389. The van der Waals surface area contributed by atoms with Crippen LogP contribution in [0.3, 0.4) is 0 Å². The van der Waals surface area contributed by atoms with E-state index in [4.69, 9.17) is 8.44 Å². The molecule has 0 fully saturated rings. The van der Waals surface area contributed by atoms with Crippen LogP contribution >= 0.6 is 0 Å². The molecule has 1 aliphatic carbocycles. The van der Waals surface area contributed by atoms with Crippen LogP contribution in [0.4, 0.5) is 3.50 Å². The molecule has 6 heteroatoms. The van der Waals surface area contributed by atoms with Crippen LogP contribution in [0.15, 0.2) is 19.8 Å². The van der Waals surface area contributed by atoms with E-state index in [1.54, 1.807) is 11.5 Å². The van der Waals surface area contributed by atoms with Crippen LogP contribution in [0.1, 0.15) is 48.0 Å². The van der Waals surface area contributed by atoms with Gasteiger partial charge < -0.3 is 0 Å². The van der Waals surface area contributed by atoms with Gasteiger partial charge in [0.25, 0.3) is 0 Å². The summed E-state index contributed by atoms with van der Waals surface area (Å²) in [6.45, 7) is 14.6. The molecule has 0 amide bonds. The molecule has 0 bridgehead atoms. The van der Waals surface area contributed by atoms with E-state index in [1.165, 1.54) is 0 Å². The Morgan fingerprint density at radius 3 is 1.64 bits per heavy atom. The van der Waals surface area contributed by atoms with E-state index in [-0.39, 0.29) is 0 Å². The van der Waals surface area contributed by atoms with Gasteiger partial charge in [-0.25, -0.2) is 0 Å². The number of halogens is 1. The Bertz CT molecular complexity index is 450. The molecule has 1 rings (SSSR count). The maximum absolute atomic E-state index is 15.0. The third-order valence-electron chi connectivity index (χ3n) is 3.76. The first-order valence-corrected chi connectivity index (χ1v) is 19.8. The van der Waals surface area contributed by atoms with Crippen molar-refractivity contribution in [2.24, 2.45) is 17.8 Å². The van der Waals surface area contributed by atoms with E-state index in [9.17, 15) is 0 Å². The van der Waals surface area contributed by atoms with Gasteiger partial charge in [-0.2, -0.15) is 0 Å². The van der Waals surface area contributed by atoms with Gasteiger partial charge in [0.1, 0.15) is 0 Å². The first-order valence-electron chi connectivity index (χ1n) is 9.49. The quantitative estimate of drug-likeness (QED) is 0.337. The molecule has 0 unspecified atom stereocenters. The van der Waals surface area contributed by atoms with E-state index in [0.29, 0.717) is 37.6 Å². The SMILES string of the molecule is CC(C)C[O][Zr]([O]CC(C)C)([O]CC(C)C)[C]1=[C]([Ge]([CH3])([CH3])[F])C=CC1. The zero-order chi connectivity index (χ0) is 19.3.